The molecule has 4 heteroatoms. The fraction of sp³-hybridized carbons (Fsp3) is 0.688. The van der Waals surface area contributed by atoms with Crippen LogP contribution in [0.2, 0.25) is 0 Å². The maximum absolute atomic E-state index is 11.9. The molecular formula is C16H26N2OS. The number of carbonyl (C=O) groups is 1. The maximum Gasteiger partial charge on any atom is 0.220 e. The van der Waals surface area contributed by atoms with Crippen molar-refractivity contribution < 1.29 is 4.79 Å². The predicted molar refractivity (Wildman–Crippen MR) is 85.0 cm³/mol. The number of amides is 1. The van der Waals surface area contributed by atoms with E-state index in [9.17, 15) is 4.79 Å². The second-order valence-electron chi connectivity index (χ2n) is 6.11. The van der Waals surface area contributed by atoms with E-state index >= 15 is 0 Å². The molecule has 0 radical (unpaired) electrons. The van der Waals surface area contributed by atoms with Gasteiger partial charge in [0.25, 0.3) is 0 Å². The summed E-state index contributed by atoms with van der Waals surface area (Å²) in [6.45, 7) is 2.73. The lowest BCUT2D eigenvalue weighted by Gasteiger charge is -2.36. The third-order valence-corrected chi connectivity index (χ3v) is 5.42. The van der Waals surface area contributed by atoms with Crippen LogP contribution in [0.5, 0.6) is 0 Å². The summed E-state index contributed by atoms with van der Waals surface area (Å²) in [7, 11) is 0. The van der Waals surface area contributed by atoms with Crippen LogP contribution in [-0.2, 0) is 10.2 Å². The minimum atomic E-state index is 0.0988. The van der Waals surface area contributed by atoms with E-state index in [-0.39, 0.29) is 17.4 Å². The highest BCUT2D eigenvalue weighted by Crippen LogP contribution is 2.41. The highest BCUT2D eigenvalue weighted by molar-refractivity contribution is 7.10. The summed E-state index contributed by atoms with van der Waals surface area (Å²) in [5.41, 5.74) is 5.88. The van der Waals surface area contributed by atoms with Gasteiger partial charge in [-0.2, -0.15) is 0 Å². The van der Waals surface area contributed by atoms with Crippen molar-refractivity contribution in [2.75, 3.05) is 6.54 Å². The molecule has 0 spiro atoms. The second-order valence-corrected chi connectivity index (χ2v) is 7.06. The van der Waals surface area contributed by atoms with Gasteiger partial charge in [-0.25, -0.2) is 0 Å². The van der Waals surface area contributed by atoms with Gasteiger partial charge in [-0.3, -0.25) is 4.79 Å². The van der Waals surface area contributed by atoms with Gasteiger partial charge < -0.3 is 11.1 Å². The van der Waals surface area contributed by atoms with E-state index in [1.54, 1.807) is 0 Å². The Labute approximate surface area is 125 Å². The molecule has 1 heterocycles. The summed E-state index contributed by atoms with van der Waals surface area (Å²) >= 11 is 1.83. The smallest absolute Gasteiger partial charge is 0.220 e. The molecule has 0 aromatic carbocycles. The topological polar surface area (TPSA) is 55.1 Å². The Hall–Kier alpha value is -0.870. The summed E-state index contributed by atoms with van der Waals surface area (Å²) < 4.78 is 0. The molecule has 3 N–H and O–H groups in total. The van der Waals surface area contributed by atoms with Crippen molar-refractivity contribution in [2.24, 2.45) is 5.73 Å². The van der Waals surface area contributed by atoms with Crippen molar-refractivity contribution in [3.63, 3.8) is 0 Å². The van der Waals surface area contributed by atoms with Crippen molar-refractivity contribution in [1.29, 1.82) is 0 Å². The van der Waals surface area contributed by atoms with Gasteiger partial charge in [0.1, 0.15) is 0 Å². The Morgan fingerprint density at radius 2 is 2.20 bits per heavy atom. The number of hydrogen-bond acceptors (Lipinski definition) is 3. The van der Waals surface area contributed by atoms with Gasteiger partial charge in [0.2, 0.25) is 5.91 Å². The quantitative estimate of drug-likeness (QED) is 0.846. The van der Waals surface area contributed by atoms with Gasteiger partial charge in [-0.05, 0) is 37.6 Å². The first kappa shape index (κ1) is 15.5. The van der Waals surface area contributed by atoms with Crippen molar-refractivity contribution in [3.05, 3.63) is 22.4 Å². The van der Waals surface area contributed by atoms with E-state index in [0.717, 1.165) is 13.0 Å². The van der Waals surface area contributed by atoms with Crippen LogP contribution in [0.3, 0.4) is 0 Å². The van der Waals surface area contributed by atoms with Crippen LogP contribution < -0.4 is 11.1 Å². The molecular weight excluding hydrogens is 268 g/mol. The zero-order chi connectivity index (χ0) is 14.4. The standard InChI is InChI=1S/C16H26N2OS/c1-13(17)7-8-15(19)18-12-16(9-3-2-4-10-16)14-6-5-11-20-14/h5-6,11,13H,2-4,7-10,12,17H2,1H3,(H,18,19). The lowest BCUT2D eigenvalue weighted by Crippen LogP contribution is -2.41. The van der Waals surface area contributed by atoms with Crippen molar-refractivity contribution in [2.45, 2.75) is 63.3 Å². The Morgan fingerprint density at radius 1 is 1.45 bits per heavy atom. The lowest BCUT2D eigenvalue weighted by molar-refractivity contribution is -0.121. The number of thiophene rings is 1. The molecule has 20 heavy (non-hydrogen) atoms. The van der Waals surface area contributed by atoms with Crippen LogP contribution in [0.25, 0.3) is 0 Å². The zero-order valence-electron chi connectivity index (χ0n) is 12.4. The molecule has 1 fully saturated rings. The lowest BCUT2D eigenvalue weighted by atomic mass is 9.73. The molecule has 0 saturated heterocycles. The maximum atomic E-state index is 11.9. The third-order valence-electron chi connectivity index (χ3n) is 4.31. The van der Waals surface area contributed by atoms with E-state index in [1.807, 2.05) is 18.3 Å². The fourth-order valence-corrected chi connectivity index (χ4v) is 4.02. The van der Waals surface area contributed by atoms with Gasteiger partial charge in [-0.15, -0.1) is 11.3 Å². The van der Waals surface area contributed by atoms with Crippen LogP contribution in [0.4, 0.5) is 0 Å². The molecule has 1 aliphatic rings. The Bertz CT molecular complexity index is 408. The fourth-order valence-electron chi connectivity index (χ4n) is 3.03. The summed E-state index contributed by atoms with van der Waals surface area (Å²) in [6, 6.07) is 4.44. The zero-order valence-corrected chi connectivity index (χ0v) is 13.2. The molecule has 3 nitrogen and oxygen atoms in total. The van der Waals surface area contributed by atoms with Crippen LogP contribution in [-0.4, -0.2) is 18.5 Å². The minimum absolute atomic E-state index is 0.0988. The SMILES string of the molecule is CC(N)CCC(=O)NCC1(c2cccs2)CCCCC1. The molecule has 1 aromatic rings. The van der Waals surface area contributed by atoms with Crippen LogP contribution in [0.15, 0.2) is 17.5 Å². The van der Waals surface area contributed by atoms with Crippen LogP contribution in [0.1, 0.15) is 56.7 Å². The van der Waals surface area contributed by atoms with Gasteiger partial charge in [0.05, 0.1) is 0 Å². The summed E-state index contributed by atoms with van der Waals surface area (Å²) in [5, 5.41) is 5.29. The van der Waals surface area contributed by atoms with Crippen LogP contribution in [0, 0.1) is 0 Å². The second kappa shape index (κ2) is 7.23. The Morgan fingerprint density at radius 3 is 2.80 bits per heavy atom. The van der Waals surface area contributed by atoms with E-state index < -0.39 is 0 Å². The summed E-state index contributed by atoms with van der Waals surface area (Å²) in [5.74, 6) is 0.142. The first-order chi connectivity index (χ1) is 9.62. The van der Waals surface area contributed by atoms with Gasteiger partial charge in [0, 0.05) is 29.3 Å². The molecule has 1 amide bonds. The number of rotatable bonds is 6. The normalized spacial score (nSPS) is 19.5. The average Bonchev–Trinajstić information content (AvgIpc) is 2.98. The summed E-state index contributed by atoms with van der Waals surface area (Å²) in [4.78, 5) is 13.4. The molecule has 0 bridgehead atoms. The van der Waals surface area contributed by atoms with Crippen molar-refractivity contribution in [1.82, 2.24) is 5.32 Å². The van der Waals surface area contributed by atoms with E-state index in [4.69, 9.17) is 5.73 Å². The van der Waals surface area contributed by atoms with Crippen molar-refractivity contribution in [3.8, 4) is 0 Å². The van der Waals surface area contributed by atoms with E-state index in [0.29, 0.717) is 6.42 Å². The first-order valence-electron chi connectivity index (χ1n) is 7.69. The molecule has 1 atom stereocenters. The Balaban J connectivity index is 1.93. The predicted octanol–water partition coefficient (Wildman–Crippen LogP) is 3.19. The first-order valence-corrected chi connectivity index (χ1v) is 8.57. The van der Waals surface area contributed by atoms with Gasteiger partial charge in [0.15, 0.2) is 0 Å². The van der Waals surface area contributed by atoms with Gasteiger partial charge in [-0.1, -0.05) is 25.3 Å². The van der Waals surface area contributed by atoms with E-state index in [2.05, 4.69) is 22.8 Å². The highest BCUT2D eigenvalue weighted by atomic mass is 32.1. The molecule has 112 valence electrons. The van der Waals surface area contributed by atoms with Crippen LogP contribution >= 0.6 is 11.3 Å². The molecule has 2 rings (SSSR count). The largest absolute Gasteiger partial charge is 0.355 e. The number of carbonyl (C=O) groups excluding carboxylic acids is 1. The summed E-state index contributed by atoms with van der Waals surface area (Å²) in [6.07, 6.45) is 7.56. The monoisotopic (exact) mass is 294 g/mol. The van der Waals surface area contributed by atoms with E-state index in [1.165, 1.54) is 37.0 Å². The number of hydrogen-bond donors (Lipinski definition) is 2. The average molecular weight is 294 g/mol. The molecule has 1 aromatic heterocycles. The molecule has 1 aliphatic carbocycles. The Kier molecular flexibility index (Phi) is 5.61. The third kappa shape index (κ3) is 4.06. The number of nitrogens with two attached hydrogens (primary N) is 1. The van der Waals surface area contributed by atoms with Crippen molar-refractivity contribution >= 4 is 17.2 Å². The minimum Gasteiger partial charge on any atom is -0.355 e. The molecule has 0 aliphatic heterocycles. The highest BCUT2D eigenvalue weighted by Gasteiger charge is 2.34. The molecule has 1 saturated carbocycles. The van der Waals surface area contributed by atoms with Gasteiger partial charge >= 0.3 is 0 Å². The number of nitrogens with one attached hydrogen (secondary N) is 1. The molecule has 1 unspecified atom stereocenters.